The van der Waals surface area contributed by atoms with Crippen LogP contribution in [0.4, 0.5) is 0 Å². The van der Waals surface area contributed by atoms with E-state index in [1.54, 1.807) is 20.1 Å². The van der Waals surface area contributed by atoms with E-state index in [1.807, 2.05) is 58.0 Å². The van der Waals surface area contributed by atoms with Crippen LogP contribution in [0.15, 0.2) is 47.0 Å². The van der Waals surface area contributed by atoms with Gasteiger partial charge >= 0.3 is 7.48 Å². The highest BCUT2D eigenvalue weighted by molar-refractivity contribution is 6.46. The highest BCUT2D eigenvalue weighted by Crippen LogP contribution is 2.24. The summed E-state index contributed by atoms with van der Waals surface area (Å²) in [5, 5.41) is 10.0. The highest BCUT2D eigenvalue weighted by atomic mass is 16.5. The molecule has 0 aliphatic rings. The van der Waals surface area contributed by atoms with Gasteiger partial charge in [0.25, 0.3) is 0 Å². The largest absolute Gasteiger partial charge is 0.427 e. The number of nitrogens with zero attached hydrogens (tertiary/aromatic N) is 1. The van der Waals surface area contributed by atoms with Gasteiger partial charge in [0.2, 0.25) is 0 Å². The summed E-state index contributed by atoms with van der Waals surface area (Å²) in [5.74, 6) is 0. The Bertz CT molecular complexity index is 491. The van der Waals surface area contributed by atoms with Gasteiger partial charge in [-0.05, 0) is 44.9 Å². The standard InChI is InChI=1S/C16H24BN2O2.C2H6/c1-15(2,20)16(3,4)21-17-14(10-18)12-19-11-13-8-6-5-7-9-13;1-2/h5-10,12,20H,11,18H2,1-4H3;1-2H3/b14-10+,19-12?;. The van der Waals surface area contributed by atoms with Crippen molar-refractivity contribution in [3.8, 4) is 0 Å². The molecule has 0 saturated carbocycles. The molecule has 0 unspecified atom stereocenters. The van der Waals surface area contributed by atoms with Gasteiger partial charge in [-0.15, -0.1) is 0 Å². The normalized spacial score (nSPS) is 12.7. The summed E-state index contributed by atoms with van der Waals surface area (Å²) in [5.41, 5.74) is 5.65. The molecule has 0 amide bonds. The minimum Gasteiger partial charge on any atom is -0.427 e. The van der Waals surface area contributed by atoms with Gasteiger partial charge < -0.3 is 15.5 Å². The van der Waals surface area contributed by atoms with Gasteiger partial charge in [0.1, 0.15) is 0 Å². The van der Waals surface area contributed by atoms with Gasteiger partial charge in [-0.25, -0.2) is 0 Å². The summed E-state index contributed by atoms with van der Waals surface area (Å²) in [6.45, 7) is 11.6. The third-order valence-electron chi connectivity index (χ3n) is 3.51. The van der Waals surface area contributed by atoms with Crippen molar-refractivity contribution in [1.82, 2.24) is 0 Å². The van der Waals surface area contributed by atoms with Crippen molar-refractivity contribution in [2.75, 3.05) is 0 Å². The molecule has 0 aromatic heterocycles. The number of hydrogen-bond acceptors (Lipinski definition) is 4. The molecule has 0 atom stereocenters. The molecule has 0 bridgehead atoms. The third kappa shape index (κ3) is 8.00. The lowest BCUT2D eigenvalue weighted by Gasteiger charge is -2.37. The van der Waals surface area contributed by atoms with E-state index >= 15 is 0 Å². The van der Waals surface area contributed by atoms with Crippen LogP contribution in [0, 0.1) is 0 Å². The van der Waals surface area contributed by atoms with Crippen molar-refractivity contribution >= 4 is 13.7 Å². The highest BCUT2D eigenvalue weighted by Gasteiger charge is 2.35. The average molecular weight is 317 g/mol. The van der Waals surface area contributed by atoms with Crippen molar-refractivity contribution < 1.29 is 9.76 Å². The maximum atomic E-state index is 10.0. The maximum absolute atomic E-state index is 10.0. The lowest BCUT2D eigenvalue weighted by atomic mass is 9.83. The number of nitrogens with two attached hydrogens (primary N) is 1. The van der Waals surface area contributed by atoms with Crippen LogP contribution in [0.2, 0.25) is 0 Å². The molecule has 23 heavy (non-hydrogen) atoms. The summed E-state index contributed by atoms with van der Waals surface area (Å²) in [6.07, 6.45) is 3.09. The van der Waals surface area contributed by atoms with Crippen LogP contribution < -0.4 is 5.73 Å². The van der Waals surface area contributed by atoms with Crippen LogP contribution >= 0.6 is 0 Å². The zero-order chi connectivity index (χ0) is 17.9. The van der Waals surface area contributed by atoms with Crippen molar-refractivity contribution in [3.05, 3.63) is 47.6 Å². The Morgan fingerprint density at radius 3 is 2.26 bits per heavy atom. The number of hydrogen-bond donors (Lipinski definition) is 2. The van der Waals surface area contributed by atoms with Gasteiger partial charge in [-0.2, -0.15) is 0 Å². The SMILES string of the molecule is CC.CC(C)(O)C(C)(C)O[B]/C(C=NCc1ccccc1)=C/N. The van der Waals surface area contributed by atoms with Crippen LogP contribution in [0.1, 0.15) is 47.1 Å². The molecular weight excluding hydrogens is 287 g/mol. The van der Waals surface area contributed by atoms with Crippen LogP contribution in [-0.2, 0) is 11.2 Å². The van der Waals surface area contributed by atoms with Gasteiger partial charge in [-0.1, -0.05) is 44.2 Å². The molecule has 1 aromatic carbocycles. The number of rotatable bonds is 7. The molecule has 0 heterocycles. The third-order valence-corrected chi connectivity index (χ3v) is 3.51. The monoisotopic (exact) mass is 317 g/mol. The predicted molar refractivity (Wildman–Crippen MR) is 99.5 cm³/mol. The molecule has 1 aromatic rings. The molecular formula is C18H30BN2O2. The zero-order valence-electron chi connectivity index (χ0n) is 15.2. The minimum absolute atomic E-state index is 0.584. The molecule has 0 fully saturated rings. The topological polar surface area (TPSA) is 67.8 Å². The fraction of sp³-hybridized carbons (Fsp3) is 0.500. The van der Waals surface area contributed by atoms with Crippen LogP contribution in [-0.4, -0.2) is 30.0 Å². The van der Waals surface area contributed by atoms with E-state index in [0.717, 1.165) is 5.56 Å². The second-order valence-corrected chi connectivity index (χ2v) is 5.93. The van der Waals surface area contributed by atoms with Crippen molar-refractivity contribution in [2.24, 2.45) is 10.7 Å². The van der Waals surface area contributed by atoms with E-state index in [1.165, 1.54) is 13.7 Å². The van der Waals surface area contributed by atoms with Crippen LogP contribution in [0.5, 0.6) is 0 Å². The quantitative estimate of drug-likeness (QED) is 0.599. The summed E-state index contributed by atoms with van der Waals surface area (Å²) < 4.78 is 5.64. The molecule has 0 spiro atoms. The minimum atomic E-state index is -0.968. The van der Waals surface area contributed by atoms with Crippen molar-refractivity contribution in [2.45, 2.75) is 59.3 Å². The Balaban J connectivity index is 0.00000232. The molecule has 5 heteroatoms. The summed E-state index contributed by atoms with van der Waals surface area (Å²) in [7, 11) is 1.52. The molecule has 3 N–H and O–H groups in total. The molecule has 0 aliphatic carbocycles. The van der Waals surface area contributed by atoms with E-state index < -0.39 is 11.2 Å². The molecule has 4 nitrogen and oxygen atoms in total. The fourth-order valence-corrected chi connectivity index (χ4v) is 1.31. The second kappa shape index (κ2) is 10.2. The first-order valence-electron chi connectivity index (χ1n) is 7.95. The Hall–Kier alpha value is -1.59. The van der Waals surface area contributed by atoms with E-state index in [-0.39, 0.29) is 0 Å². The van der Waals surface area contributed by atoms with Crippen LogP contribution in [0.25, 0.3) is 0 Å². The average Bonchev–Trinajstić information content (AvgIpc) is 2.52. The molecule has 127 valence electrons. The number of allylic oxidation sites excluding steroid dienone is 1. The Kier molecular flexibility index (Phi) is 9.53. The fourth-order valence-electron chi connectivity index (χ4n) is 1.31. The van der Waals surface area contributed by atoms with E-state index in [2.05, 4.69) is 4.99 Å². The smallest absolute Gasteiger partial charge is 0.333 e. The molecule has 1 radical (unpaired) electrons. The van der Waals surface area contributed by atoms with Crippen molar-refractivity contribution in [1.29, 1.82) is 0 Å². The first kappa shape index (κ1) is 21.4. The van der Waals surface area contributed by atoms with E-state index in [9.17, 15) is 5.11 Å². The Morgan fingerprint density at radius 1 is 1.22 bits per heavy atom. The predicted octanol–water partition coefficient (Wildman–Crippen LogP) is 3.27. The maximum Gasteiger partial charge on any atom is 0.333 e. The van der Waals surface area contributed by atoms with Crippen LogP contribution in [0.3, 0.4) is 0 Å². The van der Waals surface area contributed by atoms with Gasteiger partial charge in [0, 0.05) is 6.21 Å². The van der Waals surface area contributed by atoms with E-state index in [4.69, 9.17) is 10.4 Å². The summed E-state index contributed by atoms with van der Waals surface area (Å²) in [6, 6.07) is 9.96. The van der Waals surface area contributed by atoms with Gasteiger partial charge in [-0.3, -0.25) is 4.99 Å². The first-order chi connectivity index (χ1) is 10.8. The number of aliphatic hydroxyl groups is 1. The second-order valence-electron chi connectivity index (χ2n) is 5.93. The molecule has 1 rings (SSSR count). The number of benzene rings is 1. The van der Waals surface area contributed by atoms with Gasteiger partial charge in [0.15, 0.2) is 0 Å². The Morgan fingerprint density at radius 2 is 1.78 bits per heavy atom. The van der Waals surface area contributed by atoms with Gasteiger partial charge in [0.05, 0.1) is 17.7 Å². The summed E-state index contributed by atoms with van der Waals surface area (Å²) >= 11 is 0. The van der Waals surface area contributed by atoms with E-state index in [0.29, 0.717) is 12.0 Å². The lowest BCUT2D eigenvalue weighted by Crippen LogP contribution is -2.48. The lowest BCUT2D eigenvalue weighted by molar-refractivity contribution is -0.0895. The zero-order valence-corrected chi connectivity index (χ0v) is 15.2. The van der Waals surface area contributed by atoms with Crippen molar-refractivity contribution in [3.63, 3.8) is 0 Å². The molecule has 0 saturated heterocycles. The number of aliphatic imine (C=N–C) groups is 1. The summed E-state index contributed by atoms with van der Waals surface area (Å²) in [4.78, 5) is 4.33. The molecule has 0 aliphatic heterocycles. The Labute approximate surface area is 141 Å². The first-order valence-corrected chi connectivity index (χ1v) is 7.95.